The van der Waals surface area contributed by atoms with Gasteiger partial charge in [-0.2, -0.15) is 0 Å². The fourth-order valence-corrected chi connectivity index (χ4v) is 2.15. The average molecular weight is 268 g/mol. The number of nitrogens with zero attached hydrogens (tertiary/aromatic N) is 2. The summed E-state index contributed by atoms with van der Waals surface area (Å²) in [5, 5.41) is 6.62. The quantitative estimate of drug-likeness (QED) is 0.582. The van der Waals surface area contributed by atoms with E-state index in [-0.39, 0.29) is 5.91 Å². The van der Waals surface area contributed by atoms with Gasteiger partial charge in [0, 0.05) is 26.1 Å². The molecule has 0 spiro atoms. The highest BCUT2D eigenvalue weighted by Gasteiger charge is 2.06. The van der Waals surface area contributed by atoms with Crippen LogP contribution >= 0.6 is 11.8 Å². The molecule has 0 atom stereocenters. The van der Waals surface area contributed by atoms with E-state index in [1.165, 1.54) is 11.8 Å². The van der Waals surface area contributed by atoms with E-state index >= 15 is 0 Å². The maximum atomic E-state index is 11.2. The minimum atomic E-state index is 0.000606. The second-order valence-electron chi connectivity index (χ2n) is 3.75. The number of thioether (sulfide) groups is 1. The van der Waals surface area contributed by atoms with Gasteiger partial charge in [0.1, 0.15) is 16.7 Å². The van der Waals surface area contributed by atoms with Crippen LogP contribution in [0.2, 0.25) is 0 Å². The fraction of sp³-hybridized carbons (Fsp3) is 0.583. The Morgan fingerprint density at radius 2 is 2.17 bits per heavy atom. The molecule has 0 fully saturated rings. The number of amides is 1. The van der Waals surface area contributed by atoms with Crippen LogP contribution in [-0.4, -0.2) is 35.2 Å². The first-order valence-electron chi connectivity index (χ1n) is 6.14. The van der Waals surface area contributed by atoms with Crippen molar-refractivity contribution in [3.8, 4) is 0 Å². The van der Waals surface area contributed by atoms with Crippen molar-refractivity contribution in [2.45, 2.75) is 31.7 Å². The lowest BCUT2D eigenvalue weighted by Gasteiger charge is -2.08. The van der Waals surface area contributed by atoms with Crippen LogP contribution in [0.15, 0.2) is 11.1 Å². The minimum absolute atomic E-state index is 0.000606. The second kappa shape index (κ2) is 7.92. The molecule has 2 N–H and O–H groups in total. The molecule has 1 aromatic heterocycles. The Hall–Kier alpha value is -1.30. The van der Waals surface area contributed by atoms with E-state index in [1.807, 2.05) is 13.0 Å². The molecule has 0 aliphatic carbocycles. The topological polar surface area (TPSA) is 66.9 Å². The predicted molar refractivity (Wildman–Crippen MR) is 75.0 cm³/mol. The lowest BCUT2D eigenvalue weighted by atomic mass is 10.3. The summed E-state index contributed by atoms with van der Waals surface area (Å²) in [6, 6.07) is 1.89. The van der Waals surface area contributed by atoms with Crippen molar-refractivity contribution in [2.75, 3.05) is 24.7 Å². The minimum Gasteiger partial charge on any atom is -0.370 e. The van der Waals surface area contributed by atoms with Crippen molar-refractivity contribution in [1.82, 2.24) is 15.3 Å². The molecule has 1 heterocycles. The van der Waals surface area contributed by atoms with Crippen LogP contribution in [0.4, 0.5) is 5.82 Å². The largest absolute Gasteiger partial charge is 0.370 e. The average Bonchev–Trinajstić information content (AvgIpc) is 2.36. The van der Waals surface area contributed by atoms with Crippen molar-refractivity contribution < 1.29 is 4.79 Å². The predicted octanol–water partition coefficient (Wildman–Crippen LogP) is 1.70. The van der Waals surface area contributed by atoms with Gasteiger partial charge in [0.2, 0.25) is 5.91 Å². The van der Waals surface area contributed by atoms with E-state index in [2.05, 4.69) is 27.5 Å². The normalized spacial score (nSPS) is 10.2. The molecule has 1 amide bonds. The highest BCUT2D eigenvalue weighted by molar-refractivity contribution is 7.99. The molecule has 0 saturated carbocycles. The van der Waals surface area contributed by atoms with E-state index in [9.17, 15) is 4.79 Å². The molecule has 18 heavy (non-hydrogen) atoms. The molecular formula is C12H20N4OS. The fourth-order valence-electron chi connectivity index (χ4n) is 1.37. The molecule has 0 bridgehead atoms. The molecular weight excluding hydrogens is 248 g/mol. The van der Waals surface area contributed by atoms with Crippen LogP contribution in [0.25, 0.3) is 0 Å². The van der Waals surface area contributed by atoms with Gasteiger partial charge in [-0.25, -0.2) is 9.97 Å². The number of nitrogens with one attached hydrogen (secondary N) is 2. The number of rotatable bonds is 7. The van der Waals surface area contributed by atoms with E-state index in [0.717, 1.165) is 36.1 Å². The number of hydrogen-bond acceptors (Lipinski definition) is 5. The maximum Gasteiger partial charge on any atom is 0.230 e. The van der Waals surface area contributed by atoms with Crippen LogP contribution < -0.4 is 10.6 Å². The zero-order valence-electron chi connectivity index (χ0n) is 11.1. The number of anilines is 1. The Balaban J connectivity index is 2.78. The van der Waals surface area contributed by atoms with Crippen LogP contribution in [0.3, 0.4) is 0 Å². The Kier molecular flexibility index (Phi) is 6.49. The molecule has 100 valence electrons. The van der Waals surface area contributed by atoms with Gasteiger partial charge in [-0.1, -0.05) is 18.7 Å². The summed E-state index contributed by atoms with van der Waals surface area (Å²) in [6.45, 7) is 4.95. The summed E-state index contributed by atoms with van der Waals surface area (Å²) in [5.41, 5.74) is 0. The molecule has 0 radical (unpaired) electrons. The summed E-state index contributed by atoms with van der Waals surface area (Å²) in [6.07, 6.45) is 1.86. The van der Waals surface area contributed by atoms with Gasteiger partial charge in [-0.3, -0.25) is 4.79 Å². The van der Waals surface area contributed by atoms with Gasteiger partial charge < -0.3 is 10.6 Å². The van der Waals surface area contributed by atoms with Crippen molar-refractivity contribution in [3.05, 3.63) is 11.9 Å². The summed E-state index contributed by atoms with van der Waals surface area (Å²) < 4.78 is 0. The SMILES string of the molecule is CCCc1nc(NCC)cc(SCC(=O)NC)n1. The molecule has 0 unspecified atom stereocenters. The maximum absolute atomic E-state index is 11.2. The van der Waals surface area contributed by atoms with E-state index in [1.54, 1.807) is 7.05 Å². The number of carbonyl (C=O) groups excluding carboxylic acids is 1. The van der Waals surface area contributed by atoms with E-state index in [0.29, 0.717) is 5.75 Å². The van der Waals surface area contributed by atoms with Gasteiger partial charge in [-0.15, -0.1) is 0 Å². The first-order chi connectivity index (χ1) is 8.69. The van der Waals surface area contributed by atoms with E-state index < -0.39 is 0 Å². The Morgan fingerprint density at radius 1 is 1.39 bits per heavy atom. The molecule has 0 saturated heterocycles. The van der Waals surface area contributed by atoms with Crippen LogP contribution in [0, 0.1) is 0 Å². The number of aromatic nitrogens is 2. The third-order valence-electron chi connectivity index (χ3n) is 2.21. The smallest absolute Gasteiger partial charge is 0.230 e. The van der Waals surface area contributed by atoms with Gasteiger partial charge in [0.05, 0.1) is 5.75 Å². The van der Waals surface area contributed by atoms with Gasteiger partial charge in [0.15, 0.2) is 0 Å². The standard InChI is InChI=1S/C12H20N4OS/c1-4-6-9-15-10(14-5-2)7-12(16-9)18-8-11(17)13-3/h7H,4-6,8H2,1-3H3,(H,13,17)(H,14,15,16). The monoisotopic (exact) mass is 268 g/mol. The number of hydrogen-bond donors (Lipinski definition) is 2. The van der Waals surface area contributed by atoms with Crippen LogP contribution in [0.1, 0.15) is 26.1 Å². The molecule has 6 heteroatoms. The van der Waals surface area contributed by atoms with Gasteiger partial charge in [-0.05, 0) is 13.3 Å². The van der Waals surface area contributed by atoms with Gasteiger partial charge >= 0.3 is 0 Å². The van der Waals surface area contributed by atoms with Crippen LogP contribution in [-0.2, 0) is 11.2 Å². The summed E-state index contributed by atoms with van der Waals surface area (Å²) >= 11 is 1.43. The van der Waals surface area contributed by atoms with Crippen LogP contribution in [0.5, 0.6) is 0 Å². The summed E-state index contributed by atoms with van der Waals surface area (Å²) in [5.74, 6) is 2.04. The molecule has 1 rings (SSSR count). The Morgan fingerprint density at radius 3 is 2.78 bits per heavy atom. The van der Waals surface area contributed by atoms with Crippen molar-refractivity contribution in [3.63, 3.8) is 0 Å². The third-order valence-corrected chi connectivity index (χ3v) is 3.12. The Labute approximate surface area is 112 Å². The highest BCUT2D eigenvalue weighted by atomic mass is 32.2. The third kappa shape index (κ3) is 4.91. The number of carbonyl (C=O) groups is 1. The molecule has 0 aromatic carbocycles. The first-order valence-corrected chi connectivity index (χ1v) is 7.13. The number of aryl methyl sites for hydroxylation is 1. The highest BCUT2D eigenvalue weighted by Crippen LogP contribution is 2.19. The lowest BCUT2D eigenvalue weighted by molar-refractivity contribution is -0.118. The first kappa shape index (κ1) is 14.8. The lowest BCUT2D eigenvalue weighted by Crippen LogP contribution is -2.19. The summed E-state index contributed by atoms with van der Waals surface area (Å²) in [4.78, 5) is 20.1. The van der Waals surface area contributed by atoms with Crippen molar-refractivity contribution >= 4 is 23.5 Å². The van der Waals surface area contributed by atoms with Crippen molar-refractivity contribution in [2.24, 2.45) is 0 Å². The van der Waals surface area contributed by atoms with E-state index in [4.69, 9.17) is 0 Å². The molecule has 0 aliphatic heterocycles. The molecule has 5 nitrogen and oxygen atoms in total. The Bertz CT molecular complexity index is 373. The van der Waals surface area contributed by atoms with Crippen molar-refractivity contribution in [1.29, 1.82) is 0 Å². The second-order valence-corrected chi connectivity index (χ2v) is 4.75. The zero-order chi connectivity index (χ0) is 13.4. The van der Waals surface area contributed by atoms with Gasteiger partial charge in [0.25, 0.3) is 0 Å². The molecule has 0 aliphatic rings. The zero-order valence-corrected chi connectivity index (χ0v) is 11.9. The summed E-state index contributed by atoms with van der Waals surface area (Å²) in [7, 11) is 1.63. The molecule has 1 aromatic rings.